The molecular weight excluding hydrogens is 330 g/mol. The molecule has 0 bridgehead atoms. The third kappa shape index (κ3) is 3.43. The Labute approximate surface area is 114 Å². The number of ether oxygens (including phenoxy) is 1. The maximum atomic E-state index is 13.0. The molecule has 0 atom stereocenters. The Morgan fingerprint density at radius 1 is 1.12 bits per heavy atom. The second kappa shape index (κ2) is 5.49. The first-order chi connectivity index (χ1) is 8.15. The van der Waals surface area contributed by atoms with Crippen molar-refractivity contribution in [3.63, 3.8) is 0 Å². The van der Waals surface area contributed by atoms with E-state index in [4.69, 9.17) is 4.74 Å². The molecule has 0 aromatic heterocycles. The first-order valence-electron chi connectivity index (χ1n) is 5.28. The van der Waals surface area contributed by atoms with E-state index >= 15 is 0 Å². The Morgan fingerprint density at radius 2 is 1.82 bits per heavy atom. The Balaban J connectivity index is 2.02. The van der Waals surface area contributed by atoms with Crippen LogP contribution in [0.3, 0.4) is 0 Å². The Hall–Kier alpha value is -1.10. The molecule has 0 fully saturated rings. The van der Waals surface area contributed by atoms with Crippen LogP contribution in [0.25, 0.3) is 0 Å². The largest absolute Gasteiger partial charge is 0.489 e. The van der Waals surface area contributed by atoms with Crippen LogP contribution in [0.15, 0.2) is 42.5 Å². The van der Waals surface area contributed by atoms with Crippen LogP contribution in [-0.2, 0) is 6.61 Å². The average Bonchev–Trinajstić information content (AvgIpc) is 2.33. The minimum absolute atomic E-state index is 0.202. The quantitative estimate of drug-likeness (QED) is 0.755. The topological polar surface area (TPSA) is 9.23 Å². The molecule has 0 aliphatic heterocycles. The average molecular weight is 342 g/mol. The molecule has 1 nitrogen and oxygen atoms in total. The van der Waals surface area contributed by atoms with E-state index in [1.54, 1.807) is 19.1 Å². The summed E-state index contributed by atoms with van der Waals surface area (Å²) in [5.74, 6) is 0.495. The summed E-state index contributed by atoms with van der Waals surface area (Å²) < 4.78 is 19.8. The van der Waals surface area contributed by atoms with Crippen molar-refractivity contribution in [1.29, 1.82) is 0 Å². The van der Waals surface area contributed by atoms with Crippen LogP contribution in [0.1, 0.15) is 11.1 Å². The molecule has 0 spiro atoms. The zero-order valence-electron chi connectivity index (χ0n) is 9.41. The molecule has 3 heteroatoms. The van der Waals surface area contributed by atoms with Gasteiger partial charge in [0.15, 0.2) is 0 Å². The van der Waals surface area contributed by atoms with E-state index in [0.717, 1.165) is 5.56 Å². The van der Waals surface area contributed by atoms with Crippen LogP contribution in [0, 0.1) is 16.3 Å². The molecule has 0 aliphatic carbocycles. The van der Waals surface area contributed by atoms with Crippen molar-refractivity contribution in [3.8, 4) is 5.75 Å². The van der Waals surface area contributed by atoms with Gasteiger partial charge in [0.25, 0.3) is 0 Å². The lowest BCUT2D eigenvalue weighted by atomic mass is 10.2. The van der Waals surface area contributed by atoms with Crippen molar-refractivity contribution in [2.24, 2.45) is 0 Å². The van der Waals surface area contributed by atoms with Crippen LogP contribution in [0.2, 0.25) is 0 Å². The van der Waals surface area contributed by atoms with Gasteiger partial charge in [-0.3, -0.25) is 0 Å². The van der Waals surface area contributed by atoms with E-state index in [1.165, 1.54) is 9.64 Å². The maximum Gasteiger partial charge on any atom is 0.126 e. The van der Waals surface area contributed by atoms with Crippen LogP contribution in [0.5, 0.6) is 5.75 Å². The fraction of sp³-hybridized carbons (Fsp3) is 0.143. The SMILES string of the molecule is Cc1cc(OCc2ccc(I)cc2)ccc1F. The molecule has 0 N–H and O–H groups in total. The Kier molecular flexibility index (Phi) is 3.99. The van der Waals surface area contributed by atoms with E-state index in [0.29, 0.717) is 17.9 Å². The monoisotopic (exact) mass is 342 g/mol. The lowest BCUT2D eigenvalue weighted by molar-refractivity contribution is 0.305. The van der Waals surface area contributed by atoms with Crippen molar-refractivity contribution < 1.29 is 9.13 Å². The summed E-state index contributed by atoms with van der Waals surface area (Å²) in [6.45, 7) is 2.23. The molecule has 2 aromatic carbocycles. The summed E-state index contributed by atoms with van der Waals surface area (Å²) in [6, 6.07) is 12.9. The van der Waals surface area contributed by atoms with Crippen molar-refractivity contribution in [2.45, 2.75) is 13.5 Å². The summed E-state index contributed by atoms with van der Waals surface area (Å²) >= 11 is 2.26. The van der Waals surface area contributed by atoms with Gasteiger partial charge in [-0.05, 0) is 71.0 Å². The minimum atomic E-state index is -0.202. The number of halogens is 2. The predicted octanol–water partition coefficient (Wildman–Crippen LogP) is 4.32. The molecule has 2 aromatic rings. The van der Waals surface area contributed by atoms with Gasteiger partial charge in [-0.15, -0.1) is 0 Å². The second-order valence-electron chi connectivity index (χ2n) is 3.83. The number of hydrogen-bond donors (Lipinski definition) is 0. The molecule has 0 amide bonds. The van der Waals surface area contributed by atoms with E-state index in [-0.39, 0.29) is 5.82 Å². The maximum absolute atomic E-state index is 13.0. The lowest BCUT2D eigenvalue weighted by Gasteiger charge is -2.07. The molecule has 0 radical (unpaired) electrons. The predicted molar refractivity (Wildman–Crippen MR) is 74.6 cm³/mol. The smallest absolute Gasteiger partial charge is 0.126 e. The molecule has 0 aliphatic rings. The minimum Gasteiger partial charge on any atom is -0.489 e. The van der Waals surface area contributed by atoms with Crippen LogP contribution < -0.4 is 4.74 Å². The summed E-state index contributed by atoms with van der Waals surface area (Å²) in [5, 5.41) is 0. The number of rotatable bonds is 3. The molecule has 88 valence electrons. The molecule has 0 heterocycles. The van der Waals surface area contributed by atoms with Crippen LogP contribution in [-0.4, -0.2) is 0 Å². The van der Waals surface area contributed by atoms with Gasteiger partial charge < -0.3 is 4.74 Å². The first kappa shape index (κ1) is 12.4. The van der Waals surface area contributed by atoms with Crippen LogP contribution >= 0.6 is 22.6 Å². The number of benzene rings is 2. The lowest BCUT2D eigenvalue weighted by Crippen LogP contribution is -1.96. The highest BCUT2D eigenvalue weighted by Gasteiger charge is 2.00. The van der Waals surface area contributed by atoms with Gasteiger partial charge in [0, 0.05) is 3.57 Å². The molecular formula is C14H12FIO. The summed E-state index contributed by atoms with van der Waals surface area (Å²) in [4.78, 5) is 0. The molecule has 2 rings (SSSR count). The highest BCUT2D eigenvalue weighted by Crippen LogP contribution is 2.17. The van der Waals surface area contributed by atoms with Gasteiger partial charge in [0.05, 0.1) is 0 Å². The zero-order chi connectivity index (χ0) is 12.3. The normalized spacial score (nSPS) is 10.3. The van der Waals surface area contributed by atoms with Crippen molar-refractivity contribution >= 4 is 22.6 Å². The first-order valence-corrected chi connectivity index (χ1v) is 6.36. The number of aryl methyl sites for hydroxylation is 1. The molecule has 17 heavy (non-hydrogen) atoms. The van der Waals surface area contributed by atoms with Gasteiger partial charge >= 0.3 is 0 Å². The van der Waals surface area contributed by atoms with E-state index < -0.39 is 0 Å². The summed E-state index contributed by atoms with van der Waals surface area (Å²) in [5.41, 5.74) is 1.71. The Morgan fingerprint density at radius 3 is 2.47 bits per heavy atom. The summed E-state index contributed by atoms with van der Waals surface area (Å²) in [7, 11) is 0. The van der Waals surface area contributed by atoms with Crippen molar-refractivity contribution in [2.75, 3.05) is 0 Å². The molecule has 0 unspecified atom stereocenters. The third-order valence-electron chi connectivity index (χ3n) is 2.45. The standard InChI is InChI=1S/C14H12FIO/c1-10-8-13(6-7-14(10)15)17-9-11-2-4-12(16)5-3-11/h2-8H,9H2,1H3. The number of hydrogen-bond acceptors (Lipinski definition) is 1. The van der Waals surface area contributed by atoms with Gasteiger partial charge in [-0.2, -0.15) is 0 Å². The van der Waals surface area contributed by atoms with Crippen LogP contribution in [0.4, 0.5) is 4.39 Å². The van der Waals surface area contributed by atoms with Gasteiger partial charge in [-0.25, -0.2) is 4.39 Å². The highest BCUT2D eigenvalue weighted by atomic mass is 127. The fourth-order valence-corrected chi connectivity index (χ4v) is 1.81. The van der Waals surface area contributed by atoms with E-state index in [9.17, 15) is 4.39 Å². The fourth-order valence-electron chi connectivity index (χ4n) is 1.45. The second-order valence-corrected chi connectivity index (χ2v) is 5.07. The van der Waals surface area contributed by atoms with Gasteiger partial charge in [0.2, 0.25) is 0 Å². The zero-order valence-corrected chi connectivity index (χ0v) is 11.6. The third-order valence-corrected chi connectivity index (χ3v) is 3.17. The van der Waals surface area contributed by atoms with Gasteiger partial charge in [-0.1, -0.05) is 12.1 Å². The van der Waals surface area contributed by atoms with E-state index in [2.05, 4.69) is 22.6 Å². The summed E-state index contributed by atoms with van der Waals surface area (Å²) in [6.07, 6.45) is 0. The molecule has 0 saturated heterocycles. The Bertz CT molecular complexity index is 508. The highest BCUT2D eigenvalue weighted by molar-refractivity contribution is 14.1. The van der Waals surface area contributed by atoms with Crippen molar-refractivity contribution in [3.05, 3.63) is 63.0 Å². The van der Waals surface area contributed by atoms with Crippen molar-refractivity contribution in [1.82, 2.24) is 0 Å². The van der Waals surface area contributed by atoms with E-state index in [1.807, 2.05) is 24.3 Å². The molecule has 0 saturated carbocycles. The van der Waals surface area contributed by atoms with Gasteiger partial charge in [0.1, 0.15) is 18.2 Å².